The number of guanidine groups is 1. The van der Waals surface area contributed by atoms with Crippen LogP contribution in [-0.4, -0.2) is 56.0 Å². The van der Waals surface area contributed by atoms with Crippen LogP contribution in [0.2, 0.25) is 0 Å². The van der Waals surface area contributed by atoms with Crippen molar-refractivity contribution in [3.05, 3.63) is 35.9 Å². The molecule has 3 N–H and O–H groups in total. The number of hydrogen-bond donors (Lipinski definition) is 3. The summed E-state index contributed by atoms with van der Waals surface area (Å²) in [6, 6.07) is 11.1. The van der Waals surface area contributed by atoms with Crippen LogP contribution in [0.15, 0.2) is 35.3 Å². The van der Waals surface area contributed by atoms with Gasteiger partial charge in [-0.3, -0.25) is 14.7 Å². The molecule has 0 aromatic heterocycles. The van der Waals surface area contributed by atoms with Crippen LogP contribution in [0, 0.1) is 5.92 Å². The van der Waals surface area contributed by atoms with Crippen molar-refractivity contribution in [1.82, 2.24) is 20.9 Å². The summed E-state index contributed by atoms with van der Waals surface area (Å²) in [5, 5.41) is 9.68. The Kier molecular flexibility index (Phi) is 8.41. The van der Waals surface area contributed by atoms with Crippen molar-refractivity contribution >= 4 is 11.9 Å². The number of hydrogen-bond acceptors (Lipinski definition) is 3. The number of amides is 1. The highest BCUT2D eigenvalue weighted by Gasteiger charge is 2.19. The lowest BCUT2D eigenvalue weighted by atomic mass is 10.0. The standard InChI is InChI=1S/C20H33N5O/c1-16(2)19(26)22-11-12-23-20(21-3)24-18-9-13-25(14-10-18)15-17-7-5-4-6-8-17/h4-8,16,18H,9-15H2,1-3H3,(H,22,26)(H2,21,23,24). The van der Waals surface area contributed by atoms with Crippen LogP contribution in [0.4, 0.5) is 0 Å². The molecular weight excluding hydrogens is 326 g/mol. The fourth-order valence-corrected chi connectivity index (χ4v) is 3.04. The smallest absolute Gasteiger partial charge is 0.222 e. The van der Waals surface area contributed by atoms with Crippen molar-refractivity contribution < 1.29 is 4.79 Å². The summed E-state index contributed by atoms with van der Waals surface area (Å²) in [6.07, 6.45) is 2.22. The maximum absolute atomic E-state index is 11.5. The first-order valence-corrected chi connectivity index (χ1v) is 9.59. The van der Waals surface area contributed by atoms with Crippen LogP contribution >= 0.6 is 0 Å². The van der Waals surface area contributed by atoms with E-state index in [1.807, 2.05) is 13.8 Å². The molecule has 0 saturated carbocycles. The Morgan fingerprint density at radius 1 is 1.15 bits per heavy atom. The zero-order valence-corrected chi connectivity index (χ0v) is 16.3. The molecule has 0 aliphatic carbocycles. The number of nitrogens with zero attached hydrogens (tertiary/aromatic N) is 2. The van der Waals surface area contributed by atoms with E-state index in [9.17, 15) is 4.79 Å². The summed E-state index contributed by atoms with van der Waals surface area (Å²) in [5.41, 5.74) is 1.37. The molecule has 6 heteroatoms. The SMILES string of the molecule is CN=C(NCCNC(=O)C(C)C)NC1CCN(Cc2ccccc2)CC1. The first kappa shape index (κ1) is 20.2. The Morgan fingerprint density at radius 2 is 1.81 bits per heavy atom. The van der Waals surface area contributed by atoms with Crippen LogP contribution in [0.3, 0.4) is 0 Å². The Hall–Kier alpha value is -2.08. The van der Waals surface area contributed by atoms with E-state index < -0.39 is 0 Å². The van der Waals surface area contributed by atoms with E-state index in [-0.39, 0.29) is 11.8 Å². The highest BCUT2D eigenvalue weighted by Crippen LogP contribution is 2.13. The number of benzene rings is 1. The second-order valence-corrected chi connectivity index (χ2v) is 7.13. The zero-order chi connectivity index (χ0) is 18.8. The van der Waals surface area contributed by atoms with Crippen LogP contribution < -0.4 is 16.0 Å². The van der Waals surface area contributed by atoms with Gasteiger partial charge in [0.1, 0.15) is 0 Å². The molecule has 2 rings (SSSR count). The average Bonchev–Trinajstić information content (AvgIpc) is 2.66. The van der Waals surface area contributed by atoms with Gasteiger partial charge in [-0.25, -0.2) is 0 Å². The summed E-state index contributed by atoms with van der Waals surface area (Å²) in [4.78, 5) is 18.3. The zero-order valence-electron chi connectivity index (χ0n) is 16.3. The predicted octanol–water partition coefficient (Wildman–Crippen LogP) is 1.59. The molecule has 1 aliphatic heterocycles. The van der Waals surface area contributed by atoms with Crippen molar-refractivity contribution in [1.29, 1.82) is 0 Å². The Morgan fingerprint density at radius 3 is 2.42 bits per heavy atom. The average molecular weight is 360 g/mol. The second kappa shape index (κ2) is 10.8. The van der Waals surface area contributed by atoms with Gasteiger partial charge in [-0.2, -0.15) is 0 Å². The molecule has 0 spiro atoms. The van der Waals surface area contributed by atoms with Crippen molar-refractivity contribution in [3.63, 3.8) is 0 Å². The van der Waals surface area contributed by atoms with Gasteiger partial charge in [0.25, 0.3) is 0 Å². The van der Waals surface area contributed by atoms with E-state index in [2.05, 4.69) is 56.2 Å². The summed E-state index contributed by atoms with van der Waals surface area (Å²) < 4.78 is 0. The molecule has 1 saturated heterocycles. The molecule has 1 aliphatic rings. The van der Waals surface area contributed by atoms with Crippen LogP contribution in [0.1, 0.15) is 32.3 Å². The first-order chi connectivity index (χ1) is 12.6. The van der Waals surface area contributed by atoms with E-state index >= 15 is 0 Å². The van der Waals surface area contributed by atoms with Crippen molar-refractivity contribution in [2.45, 2.75) is 39.3 Å². The fraction of sp³-hybridized carbons (Fsp3) is 0.600. The minimum Gasteiger partial charge on any atom is -0.355 e. The van der Waals surface area contributed by atoms with Gasteiger partial charge >= 0.3 is 0 Å². The van der Waals surface area contributed by atoms with Gasteiger partial charge in [0.15, 0.2) is 5.96 Å². The molecule has 1 aromatic rings. The highest BCUT2D eigenvalue weighted by atomic mass is 16.1. The van der Waals surface area contributed by atoms with E-state index in [0.29, 0.717) is 19.1 Å². The van der Waals surface area contributed by atoms with Crippen molar-refractivity contribution in [3.8, 4) is 0 Å². The monoisotopic (exact) mass is 359 g/mol. The third-order valence-electron chi connectivity index (χ3n) is 4.64. The van der Waals surface area contributed by atoms with Gasteiger partial charge in [0.2, 0.25) is 5.91 Å². The van der Waals surface area contributed by atoms with E-state index in [1.54, 1.807) is 7.05 Å². The minimum atomic E-state index is 0.0218. The number of aliphatic imine (C=N–C) groups is 1. The molecule has 0 unspecified atom stereocenters. The second-order valence-electron chi connectivity index (χ2n) is 7.13. The number of rotatable bonds is 7. The molecule has 1 heterocycles. The Bertz CT molecular complexity index is 565. The molecule has 0 bridgehead atoms. The van der Waals surface area contributed by atoms with Gasteiger partial charge in [-0.1, -0.05) is 44.2 Å². The maximum atomic E-state index is 11.5. The highest BCUT2D eigenvalue weighted by molar-refractivity contribution is 5.80. The van der Waals surface area contributed by atoms with Crippen LogP contribution in [-0.2, 0) is 11.3 Å². The van der Waals surface area contributed by atoms with Gasteiger partial charge in [-0.15, -0.1) is 0 Å². The van der Waals surface area contributed by atoms with Gasteiger partial charge < -0.3 is 16.0 Å². The number of carbonyl (C=O) groups is 1. The van der Waals surface area contributed by atoms with Gasteiger partial charge in [0, 0.05) is 51.7 Å². The van der Waals surface area contributed by atoms with Crippen molar-refractivity contribution in [2.24, 2.45) is 10.9 Å². The summed E-state index contributed by atoms with van der Waals surface area (Å²) in [7, 11) is 1.78. The molecule has 26 heavy (non-hydrogen) atoms. The largest absolute Gasteiger partial charge is 0.355 e. The van der Waals surface area contributed by atoms with Crippen LogP contribution in [0.5, 0.6) is 0 Å². The quantitative estimate of drug-likeness (QED) is 0.393. The number of nitrogens with one attached hydrogen (secondary N) is 3. The lowest BCUT2D eigenvalue weighted by Gasteiger charge is -2.33. The molecule has 0 atom stereocenters. The molecule has 1 aromatic carbocycles. The number of carbonyl (C=O) groups excluding carboxylic acids is 1. The Labute approximate surface area is 157 Å². The minimum absolute atomic E-state index is 0.0218. The normalized spacial score (nSPS) is 16.5. The fourth-order valence-electron chi connectivity index (χ4n) is 3.04. The van der Waals surface area contributed by atoms with E-state index in [1.165, 1.54) is 5.56 Å². The topological polar surface area (TPSA) is 68.8 Å². The predicted molar refractivity (Wildman–Crippen MR) is 107 cm³/mol. The Balaban J connectivity index is 1.64. The molecule has 1 fully saturated rings. The third-order valence-corrected chi connectivity index (χ3v) is 4.64. The number of likely N-dealkylation sites (tertiary alicyclic amines) is 1. The van der Waals surface area contributed by atoms with E-state index in [4.69, 9.17) is 0 Å². The van der Waals surface area contributed by atoms with Gasteiger partial charge in [-0.05, 0) is 18.4 Å². The first-order valence-electron chi connectivity index (χ1n) is 9.59. The number of piperidine rings is 1. The van der Waals surface area contributed by atoms with E-state index in [0.717, 1.165) is 38.4 Å². The molecular formula is C20H33N5O. The lowest BCUT2D eigenvalue weighted by Crippen LogP contribution is -2.49. The molecule has 6 nitrogen and oxygen atoms in total. The van der Waals surface area contributed by atoms with Gasteiger partial charge in [0.05, 0.1) is 0 Å². The lowest BCUT2D eigenvalue weighted by molar-refractivity contribution is -0.123. The summed E-state index contributed by atoms with van der Waals surface area (Å²) in [5.74, 6) is 0.916. The molecule has 0 radical (unpaired) electrons. The third kappa shape index (κ3) is 7.04. The molecule has 1 amide bonds. The summed E-state index contributed by atoms with van der Waals surface area (Å²) in [6.45, 7) is 8.27. The maximum Gasteiger partial charge on any atom is 0.222 e. The molecule has 144 valence electrons. The summed E-state index contributed by atoms with van der Waals surface area (Å²) >= 11 is 0. The van der Waals surface area contributed by atoms with Crippen molar-refractivity contribution in [2.75, 3.05) is 33.2 Å². The van der Waals surface area contributed by atoms with Crippen LogP contribution in [0.25, 0.3) is 0 Å².